The van der Waals surface area contributed by atoms with Gasteiger partial charge in [0, 0.05) is 0 Å². The maximum absolute atomic E-state index is 4.73. The minimum atomic E-state index is 0. The molecule has 2 nitrogen and oxygen atoms in total. The van der Waals surface area contributed by atoms with Crippen molar-refractivity contribution >= 4 is 25.7 Å². The summed E-state index contributed by atoms with van der Waals surface area (Å²) in [6.07, 6.45) is 3.19. The van der Waals surface area contributed by atoms with Gasteiger partial charge in [-0.05, 0) is 0 Å². The van der Waals surface area contributed by atoms with Gasteiger partial charge in [-0.2, -0.15) is 0 Å². The average molecular weight is 128 g/mol. The molecule has 0 N–H and O–H groups in total. The molecule has 0 fully saturated rings. The summed E-state index contributed by atoms with van der Waals surface area (Å²) in [4.78, 5) is 3.76. The standard InChI is InChI=1S/C3H2NO.ClH.Mg/c1-2-5-3-4-1;;/h1-2H;1H;/q;;+1/p-1. The van der Waals surface area contributed by atoms with Crippen molar-refractivity contribution in [3.05, 3.63) is 12.5 Å². The van der Waals surface area contributed by atoms with E-state index in [1.807, 2.05) is 0 Å². The molecule has 0 amide bonds. The summed E-state index contributed by atoms with van der Waals surface area (Å²) in [6.45, 7) is 0. The molecule has 0 aliphatic heterocycles. The third-order valence-corrected chi connectivity index (χ3v) is 0.833. The van der Waals surface area contributed by atoms with E-state index >= 15 is 0 Å². The van der Waals surface area contributed by atoms with Gasteiger partial charge in [0.25, 0.3) is 0 Å². The third-order valence-electron chi connectivity index (χ3n) is 0.483. The van der Waals surface area contributed by atoms with Gasteiger partial charge in [-0.15, -0.1) is 0 Å². The normalized spacial score (nSPS) is 7.71. The monoisotopic (exact) mass is 127 g/mol. The number of hydrogen-bond donors (Lipinski definition) is 0. The molecule has 0 aliphatic carbocycles. The van der Waals surface area contributed by atoms with Gasteiger partial charge in [-0.25, -0.2) is 0 Å². The van der Waals surface area contributed by atoms with E-state index in [0.29, 0.717) is 0 Å². The second kappa shape index (κ2) is 3.29. The number of hydrogen-bond acceptors (Lipinski definition) is 2. The van der Waals surface area contributed by atoms with Crippen molar-refractivity contribution in [1.82, 2.24) is 4.98 Å². The number of halogens is 1. The Labute approximate surface area is 60.2 Å². The molecule has 0 aromatic carbocycles. The van der Waals surface area contributed by atoms with Crippen molar-refractivity contribution in [3.8, 4) is 0 Å². The second-order valence-corrected chi connectivity index (χ2v) is 1.53. The van der Waals surface area contributed by atoms with Crippen LogP contribution in [-0.2, 0) is 0 Å². The zero-order chi connectivity index (χ0) is 4.41. The van der Waals surface area contributed by atoms with Crippen LogP contribution in [0.2, 0.25) is 0 Å². The van der Waals surface area contributed by atoms with E-state index in [1.54, 1.807) is 34.2 Å². The van der Waals surface area contributed by atoms with Gasteiger partial charge in [0.1, 0.15) is 0 Å². The van der Waals surface area contributed by atoms with Crippen LogP contribution in [0.25, 0.3) is 0 Å². The van der Waals surface area contributed by atoms with E-state index < -0.39 is 0 Å². The molecule has 4 heteroatoms. The molecule has 1 heterocycles. The molecule has 0 aliphatic rings. The van der Waals surface area contributed by atoms with Gasteiger partial charge in [0.05, 0.1) is 0 Å². The Balaban J connectivity index is 0.000000360. The molecule has 0 radical (unpaired) electrons. The van der Waals surface area contributed by atoms with E-state index in [9.17, 15) is 0 Å². The topological polar surface area (TPSA) is 26.0 Å². The summed E-state index contributed by atoms with van der Waals surface area (Å²) >= 11 is 1.63. The van der Waals surface area contributed by atoms with Crippen molar-refractivity contribution < 1.29 is 16.8 Å². The molecule has 1 aromatic rings. The van der Waals surface area contributed by atoms with Gasteiger partial charge in [0.2, 0.25) is 0 Å². The van der Waals surface area contributed by atoms with Gasteiger partial charge in [-0.3, -0.25) is 0 Å². The molecule has 1 rings (SSSR count). The van der Waals surface area contributed by atoms with Gasteiger partial charge in [0.15, 0.2) is 0 Å². The Morgan fingerprint density at radius 3 is 2.57 bits per heavy atom. The van der Waals surface area contributed by atoms with E-state index in [4.69, 9.17) is 4.42 Å². The molecule has 0 unspecified atom stereocenters. The molecule has 1 aromatic heterocycles. The van der Waals surface area contributed by atoms with E-state index in [1.165, 1.54) is 0 Å². The molecular weight excluding hydrogens is 126 g/mol. The van der Waals surface area contributed by atoms with Crippen LogP contribution in [0.15, 0.2) is 16.9 Å². The molecule has 7 heavy (non-hydrogen) atoms. The van der Waals surface area contributed by atoms with Crippen LogP contribution in [-0.4, -0.2) is 26.7 Å². The zero-order valence-electron chi connectivity index (χ0n) is 3.60. The molecule has 0 saturated heterocycles. The fourth-order valence-electron chi connectivity index (χ4n) is 0.253. The Hall–Kier alpha value is 0.266. The first-order valence-electron chi connectivity index (χ1n) is 1.61. The maximum atomic E-state index is 4.73. The Bertz CT molecular complexity index is 118. The molecule has 0 bridgehead atoms. The third kappa shape index (κ3) is 2.16. The first-order chi connectivity index (χ1) is 2.89. The summed E-state index contributed by atoms with van der Waals surface area (Å²) in [5, 5.41) is 0. The fraction of sp³-hybridized carbons (Fsp3) is 0. The van der Waals surface area contributed by atoms with Crippen LogP contribution in [0, 0.1) is 0 Å². The van der Waals surface area contributed by atoms with Gasteiger partial charge >= 0.3 is 47.6 Å². The van der Waals surface area contributed by atoms with Crippen LogP contribution in [0.3, 0.4) is 0 Å². The van der Waals surface area contributed by atoms with E-state index in [0.717, 1.165) is 4.02 Å². The molecular formula is C3H2ClMgNO. The summed E-state index contributed by atoms with van der Waals surface area (Å²) in [7, 11) is 0. The summed E-state index contributed by atoms with van der Waals surface area (Å²) in [5.74, 6) is 0. The van der Waals surface area contributed by atoms with Crippen LogP contribution < -0.4 is 16.4 Å². The number of nitrogens with zero attached hydrogens (tertiary/aromatic N) is 1. The quantitative estimate of drug-likeness (QED) is 0.338. The average Bonchev–Trinajstić information content (AvgIpc) is 1.86. The van der Waals surface area contributed by atoms with E-state index in [-0.39, 0.29) is 12.4 Å². The van der Waals surface area contributed by atoms with Crippen molar-refractivity contribution in [2.75, 3.05) is 0 Å². The predicted octanol–water partition coefficient (Wildman–Crippen LogP) is -3.53. The molecule has 0 atom stereocenters. The van der Waals surface area contributed by atoms with Crippen LogP contribution in [0.5, 0.6) is 0 Å². The first kappa shape index (κ1) is 7.27. The van der Waals surface area contributed by atoms with Crippen LogP contribution in [0.4, 0.5) is 0 Å². The Morgan fingerprint density at radius 2 is 2.43 bits per heavy atom. The Morgan fingerprint density at radius 1 is 1.71 bits per heavy atom. The predicted molar refractivity (Wildman–Crippen MR) is 21.9 cm³/mol. The van der Waals surface area contributed by atoms with Crippen molar-refractivity contribution in [2.24, 2.45) is 0 Å². The molecule has 0 spiro atoms. The zero-order valence-corrected chi connectivity index (χ0v) is 5.77. The van der Waals surface area contributed by atoms with Gasteiger partial charge in [-0.1, -0.05) is 0 Å². The SMILES string of the molecule is [Cl-].[Mg+][c]1ncco1. The number of rotatable bonds is 0. The molecule has 34 valence electrons. The Kier molecular flexibility index (Phi) is 3.42. The fourth-order valence-corrected chi connectivity index (χ4v) is 0.455. The second-order valence-electron chi connectivity index (χ2n) is 0.926. The summed E-state index contributed by atoms with van der Waals surface area (Å²) in [6, 6.07) is 0. The van der Waals surface area contributed by atoms with E-state index in [2.05, 4.69) is 4.98 Å². The van der Waals surface area contributed by atoms with Crippen molar-refractivity contribution in [2.45, 2.75) is 0 Å². The van der Waals surface area contributed by atoms with Crippen LogP contribution >= 0.6 is 0 Å². The number of aromatic nitrogens is 1. The van der Waals surface area contributed by atoms with Gasteiger partial charge < -0.3 is 12.4 Å². The van der Waals surface area contributed by atoms with Crippen molar-refractivity contribution in [3.63, 3.8) is 0 Å². The van der Waals surface area contributed by atoms with Crippen LogP contribution in [0.1, 0.15) is 0 Å². The minimum absolute atomic E-state index is 0. The van der Waals surface area contributed by atoms with Crippen molar-refractivity contribution in [1.29, 1.82) is 0 Å². The summed E-state index contributed by atoms with van der Waals surface area (Å²) < 4.78 is 5.48. The first-order valence-corrected chi connectivity index (χ1v) is 2.32. The molecule has 0 saturated carbocycles. The summed E-state index contributed by atoms with van der Waals surface area (Å²) in [5.41, 5.74) is 0. The number of oxazole rings is 1.